The van der Waals surface area contributed by atoms with Crippen LogP contribution in [0.2, 0.25) is 0 Å². The summed E-state index contributed by atoms with van der Waals surface area (Å²) in [5, 5.41) is 10.6. The Morgan fingerprint density at radius 3 is 0.800 bits per heavy atom. The molecule has 0 spiro atoms. The van der Waals surface area contributed by atoms with Gasteiger partial charge in [-0.05, 0) is 43.4 Å². The first-order valence-corrected chi connectivity index (χ1v) is 42.4. The minimum absolute atomic E-state index is 0.103. The number of carbonyl (C=O) groups is 4. The molecule has 0 aromatic heterocycles. The summed E-state index contributed by atoms with van der Waals surface area (Å²) in [4.78, 5) is 72.7. The van der Waals surface area contributed by atoms with Crippen molar-refractivity contribution in [2.75, 3.05) is 39.6 Å². The molecule has 95 heavy (non-hydrogen) atoms. The van der Waals surface area contributed by atoms with Crippen molar-refractivity contribution in [1.29, 1.82) is 0 Å². The summed E-state index contributed by atoms with van der Waals surface area (Å²) >= 11 is 0. The fraction of sp³-hybridized carbons (Fsp3) is 0.947. The Balaban J connectivity index is 5.20. The monoisotopic (exact) mass is 1400 g/mol. The average Bonchev–Trinajstić information content (AvgIpc) is 2.34. The molecule has 0 aliphatic carbocycles. The highest BCUT2D eigenvalue weighted by molar-refractivity contribution is 7.47. The number of aliphatic hydroxyl groups is 1. The molecular formula is C76H148O17P2. The summed E-state index contributed by atoms with van der Waals surface area (Å²) < 4.78 is 68.4. The number of phosphoric acid groups is 2. The number of ether oxygens (including phenoxy) is 4. The number of carbonyl (C=O) groups excluding carboxylic acids is 4. The lowest BCUT2D eigenvalue weighted by Crippen LogP contribution is -2.30. The molecule has 0 amide bonds. The lowest BCUT2D eigenvalue weighted by atomic mass is 9.99. The summed E-state index contributed by atoms with van der Waals surface area (Å²) in [5.74, 6) is 0.205. The molecular weight excluding hydrogens is 1250 g/mol. The molecule has 564 valence electrons. The minimum Gasteiger partial charge on any atom is -0.462 e. The van der Waals surface area contributed by atoms with E-state index >= 15 is 0 Å². The molecule has 0 aliphatic heterocycles. The van der Waals surface area contributed by atoms with Crippen LogP contribution in [0.5, 0.6) is 0 Å². The number of hydrogen-bond donors (Lipinski definition) is 3. The van der Waals surface area contributed by atoms with E-state index in [1.807, 2.05) is 0 Å². The van der Waals surface area contributed by atoms with Gasteiger partial charge < -0.3 is 33.8 Å². The number of rotatable bonds is 74. The fourth-order valence-corrected chi connectivity index (χ4v) is 13.1. The lowest BCUT2D eigenvalue weighted by Gasteiger charge is -2.21. The highest BCUT2D eigenvalue weighted by atomic mass is 31.2. The van der Waals surface area contributed by atoms with Crippen LogP contribution in [0.25, 0.3) is 0 Å². The topological polar surface area (TPSA) is 237 Å². The predicted molar refractivity (Wildman–Crippen MR) is 386 cm³/mol. The van der Waals surface area contributed by atoms with Crippen molar-refractivity contribution in [2.24, 2.45) is 17.8 Å². The third-order valence-electron chi connectivity index (χ3n) is 18.0. The molecule has 0 aliphatic rings. The number of esters is 4. The standard InChI is InChI=1S/C76H148O17P2/c1-8-10-11-12-13-14-29-36-43-50-57-73(78)86-64-72(93-76(81)60-53-46-39-32-34-41-48-55-68(5)6)66-91-95(84,85)89-62-70(77)61-88-94(82,83)90-65-71(63-87-74(79)58-51-44-37-30-26-25-28-35-42-49-56-69(7)9-2)92-75(80)59-52-45-38-31-24-22-20-18-16-15-17-19-21-23-27-33-40-47-54-67(3)4/h67-72,77H,8-66H2,1-7H3,(H,82,83)(H,84,85)/t69?,70-,71-,72-/m1/s1. The first-order chi connectivity index (χ1) is 45.8. The van der Waals surface area contributed by atoms with E-state index in [-0.39, 0.29) is 25.7 Å². The molecule has 0 rings (SSSR count). The number of hydrogen-bond acceptors (Lipinski definition) is 15. The molecule has 0 heterocycles. The Morgan fingerprint density at radius 2 is 0.537 bits per heavy atom. The zero-order chi connectivity index (χ0) is 70.1. The Labute approximate surface area is 581 Å². The van der Waals surface area contributed by atoms with E-state index < -0.39 is 97.5 Å². The van der Waals surface area contributed by atoms with Crippen LogP contribution in [0.3, 0.4) is 0 Å². The maximum atomic E-state index is 13.1. The average molecular weight is 1400 g/mol. The van der Waals surface area contributed by atoms with Gasteiger partial charge in [0.25, 0.3) is 0 Å². The van der Waals surface area contributed by atoms with Crippen molar-refractivity contribution in [3.63, 3.8) is 0 Å². The van der Waals surface area contributed by atoms with Crippen LogP contribution in [0.1, 0.15) is 389 Å². The lowest BCUT2D eigenvalue weighted by molar-refractivity contribution is -0.161. The van der Waals surface area contributed by atoms with Crippen molar-refractivity contribution in [2.45, 2.75) is 407 Å². The second kappa shape index (κ2) is 66.6. The molecule has 0 bridgehead atoms. The maximum absolute atomic E-state index is 13.1. The van der Waals surface area contributed by atoms with Crippen LogP contribution < -0.4 is 0 Å². The molecule has 19 heteroatoms. The smallest absolute Gasteiger partial charge is 0.462 e. The molecule has 0 fully saturated rings. The Kier molecular flexibility index (Phi) is 65.2. The van der Waals surface area contributed by atoms with E-state index in [0.717, 1.165) is 102 Å². The Hall–Kier alpha value is -1.94. The van der Waals surface area contributed by atoms with E-state index in [1.165, 1.54) is 199 Å². The second-order valence-corrected chi connectivity index (χ2v) is 31.5. The molecule has 0 aromatic rings. The molecule has 0 saturated heterocycles. The predicted octanol–water partition coefficient (Wildman–Crippen LogP) is 22.2. The van der Waals surface area contributed by atoms with Gasteiger partial charge in [0.1, 0.15) is 19.3 Å². The van der Waals surface area contributed by atoms with Gasteiger partial charge in [0.2, 0.25) is 0 Å². The number of phosphoric ester groups is 2. The van der Waals surface area contributed by atoms with Gasteiger partial charge in [0.15, 0.2) is 12.2 Å². The maximum Gasteiger partial charge on any atom is 0.472 e. The van der Waals surface area contributed by atoms with Gasteiger partial charge in [-0.3, -0.25) is 37.3 Å². The molecule has 3 unspecified atom stereocenters. The molecule has 0 radical (unpaired) electrons. The second-order valence-electron chi connectivity index (χ2n) is 28.6. The molecule has 6 atom stereocenters. The Morgan fingerprint density at radius 1 is 0.305 bits per heavy atom. The van der Waals surface area contributed by atoms with E-state index in [0.29, 0.717) is 31.6 Å². The summed E-state index contributed by atoms with van der Waals surface area (Å²) in [6.07, 6.45) is 52.8. The van der Waals surface area contributed by atoms with E-state index in [4.69, 9.17) is 37.0 Å². The summed E-state index contributed by atoms with van der Waals surface area (Å²) in [6, 6.07) is 0. The molecule has 0 saturated carbocycles. The first kappa shape index (κ1) is 93.1. The first-order valence-electron chi connectivity index (χ1n) is 39.4. The van der Waals surface area contributed by atoms with Crippen molar-refractivity contribution in [1.82, 2.24) is 0 Å². The SMILES string of the molecule is CCCCCCCCCCCCC(=O)OC[C@H](COP(=O)(O)OC[C@H](O)COP(=O)(O)OC[C@@H](COC(=O)CCCCCCCCCCCCC(C)CC)OC(=O)CCCCCCCCCCCCCCCCCCCCC(C)C)OC(=O)CCCCCCCCCC(C)C. The van der Waals surface area contributed by atoms with Crippen molar-refractivity contribution in [3.05, 3.63) is 0 Å². The highest BCUT2D eigenvalue weighted by Gasteiger charge is 2.30. The van der Waals surface area contributed by atoms with Crippen molar-refractivity contribution in [3.8, 4) is 0 Å². The molecule has 0 aromatic carbocycles. The van der Waals surface area contributed by atoms with Crippen molar-refractivity contribution < 1.29 is 80.2 Å². The summed E-state index contributed by atoms with van der Waals surface area (Å²) in [6.45, 7) is 11.9. The summed E-state index contributed by atoms with van der Waals surface area (Å²) in [5.41, 5.74) is 0. The van der Waals surface area contributed by atoms with Crippen LogP contribution in [-0.2, 0) is 65.4 Å². The minimum atomic E-state index is -4.96. The third kappa shape index (κ3) is 69.0. The van der Waals surface area contributed by atoms with Gasteiger partial charge in [-0.15, -0.1) is 0 Å². The van der Waals surface area contributed by atoms with Gasteiger partial charge in [-0.2, -0.15) is 0 Å². The highest BCUT2D eigenvalue weighted by Crippen LogP contribution is 2.45. The molecule has 17 nitrogen and oxygen atoms in total. The Bertz CT molecular complexity index is 1850. The third-order valence-corrected chi connectivity index (χ3v) is 19.9. The van der Waals surface area contributed by atoms with E-state index in [1.54, 1.807) is 0 Å². The van der Waals surface area contributed by atoms with Gasteiger partial charge >= 0.3 is 39.5 Å². The van der Waals surface area contributed by atoms with Crippen LogP contribution in [0.4, 0.5) is 0 Å². The van der Waals surface area contributed by atoms with Crippen molar-refractivity contribution >= 4 is 39.5 Å². The number of aliphatic hydroxyl groups excluding tert-OH is 1. The van der Waals surface area contributed by atoms with E-state index in [2.05, 4.69) is 48.5 Å². The van der Waals surface area contributed by atoms with Crippen LogP contribution in [0.15, 0.2) is 0 Å². The fourth-order valence-electron chi connectivity index (χ4n) is 11.6. The zero-order valence-electron chi connectivity index (χ0n) is 62.1. The van der Waals surface area contributed by atoms with Gasteiger partial charge in [0, 0.05) is 25.7 Å². The van der Waals surface area contributed by atoms with Crippen LogP contribution >= 0.6 is 15.6 Å². The van der Waals surface area contributed by atoms with E-state index in [9.17, 15) is 43.2 Å². The summed E-state index contributed by atoms with van der Waals surface area (Å²) in [7, 11) is -9.91. The van der Waals surface area contributed by atoms with Gasteiger partial charge in [0.05, 0.1) is 26.4 Å². The normalized spacial score (nSPS) is 14.4. The zero-order valence-corrected chi connectivity index (χ0v) is 63.9. The molecule has 3 N–H and O–H groups in total. The van der Waals surface area contributed by atoms with Crippen LogP contribution in [-0.4, -0.2) is 96.7 Å². The quantitative estimate of drug-likeness (QED) is 0.0222. The van der Waals surface area contributed by atoms with Gasteiger partial charge in [-0.1, -0.05) is 337 Å². The largest absolute Gasteiger partial charge is 0.472 e. The number of unbranched alkanes of at least 4 members (excludes halogenated alkanes) is 41. The van der Waals surface area contributed by atoms with Gasteiger partial charge in [-0.25, -0.2) is 9.13 Å². The van der Waals surface area contributed by atoms with Crippen LogP contribution in [0, 0.1) is 17.8 Å².